The van der Waals surface area contributed by atoms with Crippen LogP contribution in [0.3, 0.4) is 0 Å². The molecule has 0 atom stereocenters. The zero-order chi connectivity index (χ0) is 28.4. The van der Waals surface area contributed by atoms with Gasteiger partial charge in [0.25, 0.3) is 5.91 Å². The van der Waals surface area contributed by atoms with E-state index in [1.165, 1.54) is 30.4 Å². The SMILES string of the molecule is CNC(=O)c1c(-c2cc[nH]c(=O)c2)oc2cc(N(C)N)c(-c3ccc4c(n3)-c3cc5c(F)cccc5n3CO4)cc12. The van der Waals surface area contributed by atoms with Crippen LogP contribution in [-0.2, 0) is 6.73 Å². The smallest absolute Gasteiger partial charge is 0.255 e. The van der Waals surface area contributed by atoms with Crippen LogP contribution >= 0.6 is 0 Å². The Morgan fingerprint density at radius 3 is 2.78 bits per heavy atom. The average molecular weight is 551 g/mol. The Balaban J connectivity index is 1.47. The lowest BCUT2D eigenvalue weighted by atomic mass is 10.0. The van der Waals surface area contributed by atoms with Gasteiger partial charge in [-0.1, -0.05) is 6.07 Å². The first-order valence-corrected chi connectivity index (χ1v) is 12.8. The van der Waals surface area contributed by atoms with E-state index >= 15 is 0 Å². The summed E-state index contributed by atoms with van der Waals surface area (Å²) in [7, 11) is 3.21. The number of nitrogens with zero attached hydrogens (tertiary/aromatic N) is 3. The second-order valence-corrected chi connectivity index (χ2v) is 9.75. The number of nitrogens with one attached hydrogen (secondary N) is 2. The lowest BCUT2D eigenvalue weighted by molar-refractivity contribution is 0.0964. The van der Waals surface area contributed by atoms with Gasteiger partial charge in [-0.05, 0) is 42.5 Å². The van der Waals surface area contributed by atoms with Crippen molar-refractivity contribution in [2.24, 2.45) is 5.84 Å². The first-order chi connectivity index (χ1) is 19.8. The maximum absolute atomic E-state index is 14.6. The fourth-order valence-electron chi connectivity index (χ4n) is 5.38. The van der Waals surface area contributed by atoms with Crippen molar-refractivity contribution in [2.45, 2.75) is 6.73 Å². The van der Waals surface area contributed by atoms with Gasteiger partial charge in [-0.15, -0.1) is 0 Å². The van der Waals surface area contributed by atoms with E-state index in [2.05, 4.69) is 10.3 Å². The molecule has 11 heteroatoms. The van der Waals surface area contributed by atoms with Crippen LogP contribution < -0.4 is 26.5 Å². The number of hydrogen-bond acceptors (Lipinski definition) is 7. The van der Waals surface area contributed by atoms with Gasteiger partial charge in [-0.25, -0.2) is 15.2 Å². The van der Waals surface area contributed by atoms with Gasteiger partial charge in [0.05, 0.1) is 28.2 Å². The molecule has 0 radical (unpaired) electrons. The minimum atomic E-state index is -0.378. The van der Waals surface area contributed by atoms with Crippen LogP contribution in [-0.4, -0.2) is 34.5 Å². The molecule has 4 N–H and O–H groups in total. The maximum Gasteiger partial charge on any atom is 0.255 e. The quantitative estimate of drug-likeness (QED) is 0.215. The molecule has 0 fully saturated rings. The van der Waals surface area contributed by atoms with Crippen LogP contribution in [0.15, 0.2) is 76.1 Å². The first-order valence-electron chi connectivity index (χ1n) is 12.8. The molecule has 6 aromatic rings. The minimum absolute atomic E-state index is 0.231. The Labute approximate surface area is 231 Å². The molecule has 1 amide bonds. The molecule has 4 aromatic heterocycles. The molecule has 7 rings (SSSR count). The van der Waals surface area contributed by atoms with Crippen molar-refractivity contribution in [3.8, 4) is 39.7 Å². The summed E-state index contributed by atoms with van der Waals surface area (Å²) in [4.78, 5) is 32.7. The highest BCUT2D eigenvalue weighted by molar-refractivity contribution is 6.12. The Kier molecular flexibility index (Phi) is 5.44. The number of amides is 1. The number of fused-ring (bicyclic) bond motifs is 6. The van der Waals surface area contributed by atoms with E-state index < -0.39 is 0 Å². The maximum atomic E-state index is 14.6. The molecule has 0 aliphatic carbocycles. The molecule has 0 bridgehead atoms. The lowest BCUT2D eigenvalue weighted by Gasteiger charge is -2.22. The van der Waals surface area contributed by atoms with Crippen molar-refractivity contribution in [1.29, 1.82) is 0 Å². The molecule has 5 heterocycles. The number of pyridine rings is 2. The van der Waals surface area contributed by atoms with Crippen LogP contribution in [0, 0.1) is 5.82 Å². The number of aromatic amines is 1. The van der Waals surface area contributed by atoms with Crippen molar-refractivity contribution in [3.05, 3.63) is 88.6 Å². The molecule has 0 unspecified atom stereocenters. The summed E-state index contributed by atoms with van der Waals surface area (Å²) in [5.41, 5.74) is 4.58. The molecule has 0 saturated heterocycles. The molecule has 41 heavy (non-hydrogen) atoms. The van der Waals surface area contributed by atoms with Gasteiger partial charge < -0.3 is 29.0 Å². The monoisotopic (exact) mass is 550 g/mol. The fraction of sp³-hybridized carbons (Fsp3) is 0.100. The Hall–Kier alpha value is -5.42. The van der Waals surface area contributed by atoms with Crippen LogP contribution in [0.4, 0.5) is 10.1 Å². The van der Waals surface area contributed by atoms with Gasteiger partial charge in [0, 0.05) is 54.3 Å². The first kappa shape index (κ1) is 24.6. The molecule has 204 valence electrons. The number of nitrogens with two attached hydrogens (primary N) is 1. The summed E-state index contributed by atoms with van der Waals surface area (Å²) in [5, 5.41) is 5.11. The Morgan fingerprint density at radius 2 is 2.00 bits per heavy atom. The number of rotatable bonds is 4. The van der Waals surface area contributed by atoms with Crippen molar-refractivity contribution < 1.29 is 18.3 Å². The summed E-state index contributed by atoms with van der Waals surface area (Å²) in [5.74, 6) is 6.38. The fourth-order valence-corrected chi connectivity index (χ4v) is 5.38. The zero-order valence-corrected chi connectivity index (χ0v) is 22.0. The third-order valence-electron chi connectivity index (χ3n) is 7.30. The van der Waals surface area contributed by atoms with Crippen molar-refractivity contribution >= 4 is 33.5 Å². The van der Waals surface area contributed by atoms with Crippen molar-refractivity contribution in [3.63, 3.8) is 0 Å². The van der Waals surface area contributed by atoms with Crippen LogP contribution in [0.25, 0.3) is 55.8 Å². The predicted molar refractivity (Wildman–Crippen MR) is 153 cm³/mol. The van der Waals surface area contributed by atoms with E-state index in [0.29, 0.717) is 55.8 Å². The number of carbonyl (C=O) groups is 1. The molecule has 1 aliphatic rings. The van der Waals surface area contributed by atoms with Crippen molar-refractivity contribution in [1.82, 2.24) is 19.9 Å². The lowest BCUT2D eigenvalue weighted by Crippen LogP contribution is -2.25. The van der Waals surface area contributed by atoms with E-state index in [-0.39, 0.29) is 35.3 Å². The standard InChI is InChI=1S/C30H23FN6O4/c1-33-30(39)27-18-11-17(22(36(2)32)13-25(18)41-29(27)15-8-9-34-26(38)10-15)20-6-7-24-28(35-20)23-12-16-19(31)4-3-5-21(16)37(23)14-40-24/h3-13H,14,32H2,1-2H3,(H,33,39)(H,34,38). The van der Waals surface area contributed by atoms with Crippen molar-refractivity contribution in [2.75, 3.05) is 19.1 Å². The third-order valence-corrected chi connectivity index (χ3v) is 7.30. The summed E-state index contributed by atoms with van der Waals surface area (Å²) >= 11 is 0. The van der Waals surface area contributed by atoms with E-state index in [1.807, 2.05) is 22.8 Å². The van der Waals surface area contributed by atoms with Crippen LogP contribution in [0.5, 0.6) is 5.75 Å². The number of furan rings is 1. The Bertz CT molecular complexity index is 2090. The highest BCUT2D eigenvalue weighted by atomic mass is 19.1. The van der Waals surface area contributed by atoms with Gasteiger partial charge in [0.2, 0.25) is 5.56 Å². The van der Waals surface area contributed by atoms with Gasteiger partial charge in [-0.3, -0.25) is 9.59 Å². The normalized spacial score (nSPS) is 12.2. The van der Waals surface area contributed by atoms with Gasteiger partial charge in [0.15, 0.2) is 6.73 Å². The van der Waals surface area contributed by atoms with E-state index in [1.54, 1.807) is 37.4 Å². The van der Waals surface area contributed by atoms with Crippen LogP contribution in [0.1, 0.15) is 10.4 Å². The molecular weight excluding hydrogens is 527 g/mol. The molecule has 10 nitrogen and oxygen atoms in total. The average Bonchev–Trinajstić information content (AvgIpc) is 3.55. The number of hydrogen-bond donors (Lipinski definition) is 3. The number of aromatic nitrogens is 3. The summed E-state index contributed by atoms with van der Waals surface area (Å²) in [6.45, 7) is 0.231. The predicted octanol–water partition coefficient (Wildman–Crippen LogP) is 4.63. The number of ether oxygens (including phenoxy) is 1. The Morgan fingerprint density at radius 1 is 1.15 bits per heavy atom. The molecule has 0 spiro atoms. The largest absolute Gasteiger partial charge is 0.470 e. The second kappa shape index (κ2) is 9.07. The van der Waals surface area contributed by atoms with Crippen LogP contribution in [0.2, 0.25) is 0 Å². The zero-order valence-electron chi connectivity index (χ0n) is 22.0. The summed E-state index contributed by atoms with van der Waals surface area (Å²) < 4.78 is 28.6. The van der Waals surface area contributed by atoms with E-state index in [9.17, 15) is 14.0 Å². The number of anilines is 1. The summed E-state index contributed by atoms with van der Waals surface area (Å²) in [6.07, 6.45) is 1.49. The summed E-state index contributed by atoms with van der Waals surface area (Å²) in [6, 6.07) is 16.9. The molecular formula is C30H23FN6O4. The van der Waals surface area contributed by atoms with Gasteiger partial charge >= 0.3 is 0 Å². The number of benzene rings is 2. The molecule has 2 aromatic carbocycles. The van der Waals surface area contributed by atoms with Gasteiger partial charge in [-0.2, -0.15) is 0 Å². The number of carbonyl (C=O) groups excluding carboxylic acids is 1. The number of H-pyrrole nitrogens is 1. The topological polar surface area (TPSA) is 131 Å². The second-order valence-electron chi connectivity index (χ2n) is 9.75. The number of hydrazine groups is 1. The van der Waals surface area contributed by atoms with E-state index in [0.717, 1.165) is 5.69 Å². The van der Waals surface area contributed by atoms with Gasteiger partial charge in [0.1, 0.15) is 28.6 Å². The third kappa shape index (κ3) is 3.78. The molecule has 0 saturated carbocycles. The highest BCUT2D eigenvalue weighted by Gasteiger charge is 2.27. The minimum Gasteiger partial charge on any atom is -0.470 e. The number of halogens is 1. The molecule has 1 aliphatic heterocycles. The van der Waals surface area contributed by atoms with E-state index in [4.69, 9.17) is 20.0 Å². The highest BCUT2D eigenvalue weighted by Crippen LogP contribution is 2.43.